The molecule has 0 aliphatic rings. The second kappa shape index (κ2) is 8.09. The Balaban J connectivity index is 1.93. The Morgan fingerprint density at radius 1 is 1.30 bits per heavy atom. The number of benzene rings is 1. The lowest BCUT2D eigenvalue weighted by Gasteiger charge is -2.12. The van der Waals surface area contributed by atoms with Gasteiger partial charge in [0.05, 0.1) is 18.1 Å². The van der Waals surface area contributed by atoms with Gasteiger partial charge in [-0.2, -0.15) is 0 Å². The third kappa shape index (κ3) is 4.56. The monoisotopic (exact) mass is 385 g/mol. The highest BCUT2D eigenvalue weighted by atomic mass is 32.2. The zero-order valence-electron chi connectivity index (χ0n) is 14.9. The molecule has 0 aliphatic heterocycles. The van der Waals surface area contributed by atoms with Gasteiger partial charge in [0.1, 0.15) is 5.76 Å². The molecular weight excluding hydrogens is 366 g/mol. The van der Waals surface area contributed by atoms with E-state index in [2.05, 4.69) is 15.5 Å². The molecule has 27 heavy (non-hydrogen) atoms. The van der Waals surface area contributed by atoms with Crippen LogP contribution in [0.15, 0.2) is 52.2 Å². The van der Waals surface area contributed by atoms with Crippen LogP contribution < -0.4 is 11.1 Å². The van der Waals surface area contributed by atoms with Crippen LogP contribution in [-0.2, 0) is 11.3 Å². The zero-order chi connectivity index (χ0) is 19.4. The number of rotatable bonds is 6. The molecule has 0 aliphatic carbocycles. The largest absolute Gasteiger partial charge is 0.467 e. The molecule has 3 aromatic rings. The number of thioether (sulfide) groups is 1. The first-order chi connectivity index (χ1) is 12.9. The van der Waals surface area contributed by atoms with E-state index in [0.29, 0.717) is 17.5 Å². The summed E-state index contributed by atoms with van der Waals surface area (Å²) in [4.78, 5) is 22.9. The summed E-state index contributed by atoms with van der Waals surface area (Å²) in [5, 5.41) is 10.6. The number of furan rings is 1. The van der Waals surface area contributed by atoms with Gasteiger partial charge in [0.15, 0.2) is 11.0 Å². The summed E-state index contributed by atoms with van der Waals surface area (Å²) in [7, 11) is 0. The predicted molar refractivity (Wildman–Crippen MR) is 101 cm³/mol. The van der Waals surface area contributed by atoms with Crippen molar-refractivity contribution in [1.29, 1.82) is 0 Å². The zero-order valence-corrected chi connectivity index (χ0v) is 15.7. The summed E-state index contributed by atoms with van der Waals surface area (Å²) in [6.07, 6.45) is 1.60. The molecule has 3 N–H and O–H groups in total. The topological polar surface area (TPSA) is 116 Å². The van der Waals surface area contributed by atoms with Gasteiger partial charge in [0.2, 0.25) is 5.91 Å². The smallest absolute Gasteiger partial charge is 0.318 e. The predicted octanol–water partition coefficient (Wildman–Crippen LogP) is 2.57. The Labute approximate surface area is 160 Å². The number of primary amides is 1. The molecule has 2 aromatic heterocycles. The van der Waals surface area contributed by atoms with Crippen molar-refractivity contribution in [2.75, 3.05) is 0 Å². The van der Waals surface area contributed by atoms with Gasteiger partial charge in [-0.15, -0.1) is 10.2 Å². The van der Waals surface area contributed by atoms with Gasteiger partial charge in [-0.05, 0) is 32.0 Å². The normalized spacial score (nSPS) is 11.9. The van der Waals surface area contributed by atoms with E-state index in [1.54, 1.807) is 13.2 Å². The van der Waals surface area contributed by atoms with Gasteiger partial charge >= 0.3 is 6.03 Å². The molecule has 3 amide bonds. The molecule has 0 saturated carbocycles. The molecule has 140 valence electrons. The number of aromatic nitrogens is 3. The average Bonchev–Trinajstić information content (AvgIpc) is 3.25. The van der Waals surface area contributed by atoms with Gasteiger partial charge in [-0.25, -0.2) is 4.79 Å². The van der Waals surface area contributed by atoms with Crippen LogP contribution in [0.5, 0.6) is 0 Å². The van der Waals surface area contributed by atoms with E-state index in [-0.39, 0.29) is 0 Å². The van der Waals surface area contributed by atoms with Crippen LogP contribution in [0, 0.1) is 6.92 Å². The van der Waals surface area contributed by atoms with Crippen molar-refractivity contribution in [3.8, 4) is 11.4 Å². The van der Waals surface area contributed by atoms with E-state index in [4.69, 9.17) is 10.2 Å². The van der Waals surface area contributed by atoms with Gasteiger partial charge in [0.25, 0.3) is 0 Å². The van der Waals surface area contributed by atoms with Gasteiger partial charge < -0.3 is 10.2 Å². The molecular formula is C18H19N5O3S. The summed E-state index contributed by atoms with van der Waals surface area (Å²) in [5.41, 5.74) is 7.03. The minimum absolute atomic E-state index is 0.412. The highest BCUT2D eigenvalue weighted by molar-refractivity contribution is 8.00. The molecule has 1 atom stereocenters. The molecule has 8 nitrogen and oxygen atoms in total. The van der Waals surface area contributed by atoms with Crippen molar-refractivity contribution in [3.05, 3.63) is 54.0 Å². The molecule has 0 fully saturated rings. The SMILES string of the molecule is Cc1cccc(-c2nnc(S[C@H](C)C(=O)NC(N)=O)n2Cc2ccco2)c1. The summed E-state index contributed by atoms with van der Waals surface area (Å²) < 4.78 is 7.34. The Kier molecular flexibility index (Phi) is 5.60. The van der Waals surface area contributed by atoms with E-state index in [1.807, 2.05) is 47.9 Å². The van der Waals surface area contributed by atoms with Gasteiger partial charge in [-0.1, -0.05) is 35.5 Å². The molecule has 3 rings (SSSR count). The Morgan fingerprint density at radius 2 is 2.11 bits per heavy atom. The van der Waals surface area contributed by atoms with Gasteiger partial charge in [0, 0.05) is 5.56 Å². The Bertz CT molecular complexity index is 952. The first-order valence-corrected chi connectivity index (χ1v) is 9.11. The third-order valence-corrected chi connectivity index (χ3v) is 4.87. The fourth-order valence-electron chi connectivity index (χ4n) is 2.51. The molecule has 0 radical (unpaired) electrons. The number of hydrogen-bond acceptors (Lipinski definition) is 6. The first kappa shape index (κ1) is 18.7. The van der Waals surface area contributed by atoms with Crippen molar-refractivity contribution in [2.45, 2.75) is 30.8 Å². The lowest BCUT2D eigenvalue weighted by Crippen LogP contribution is -2.39. The van der Waals surface area contributed by atoms with Crippen LogP contribution in [0.4, 0.5) is 4.79 Å². The van der Waals surface area contributed by atoms with E-state index < -0.39 is 17.2 Å². The third-order valence-electron chi connectivity index (χ3n) is 3.78. The van der Waals surface area contributed by atoms with E-state index >= 15 is 0 Å². The number of aryl methyl sites for hydroxylation is 1. The maximum Gasteiger partial charge on any atom is 0.318 e. The molecule has 0 unspecified atom stereocenters. The fourth-order valence-corrected chi connectivity index (χ4v) is 3.36. The number of hydrogen-bond donors (Lipinski definition) is 2. The van der Waals surface area contributed by atoms with Crippen LogP contribution in [0.1, 0.15) is 18.2 Å². The minimum Gasteiger partial charge on any atom is -0.467 e. The molecule has 9 heteroatoms. The van der Waals surface area contributed by atoms with E-state index in [9.17, 15) is 9.59 Å². The van der Waals surface area contributed by atoms with Crippen LogP contribution in [-0.4, -0.2) is 32.0 Å². The van der Waals surface area contributed by atoms with Crippen molar-refractivity contribution in [2.24, 2.45) is 5.73 Å². The summed E-state index contributed by atoms with van der Waals surface area (Å²) in [6, 6.07) is 10.7. The quantitative estimate of drug-likeness (QED) is 0.630. The van der Waals surface area contributed by atoms with Crippen LogP contribution >= 0.6 is 11.8 Å². The number of nitrogens with zero attached hydrogens (tertiary/aromatic N) is 3. The maximum atomic E-state index is 12.0. The summed E-state index contributed by atoms with van der Waals surface area (Å²) in [5.74, 6) is 0.914. The van der Waals surface area contributed by atoms with Gasteiger partial charge in [-0.3, -0.25) is 14.7 Å². The second-order valence-electron chi connectivity index (χ2n) is 5.95. The van der Waals surface area contributed by atoms with Crippen molar-refractivity contribution in [3.63, 3.8) is 0 Å². The molecule has 2 heterocycles. The van der Waals surface area contributed by atoms with Crippen LogP contribution in [0.3, 0.4) is 0 Å². The minimum atomic E-state index is -0.884. The Morgan fingerprint density at radius 3 is 2.78 bits per heavy atom. The number of urea groups is 1. The van der Waals surface area contributed by atoms with Crippen molar-refractivity contribution in [1.82, 2.24) is 20.1 Å². The van der Waals surface area contributed by atoms with E-state index in [1.165, 1.54) is 11.8 Å². The highest BCUT2D eigenvalue weighted by Gasteiger charge is 2.22. The second-order valence-corrected chi connectivity index (χ2v) is 7.26. The fraction of sp³-hybridized carbons (Fsp3) is 0.222. The maximum absolute atomic E-state index is 12.0. The Hall–Kier alpha value is -3.07. The molecule has 0 bridgehead atoms. The number of imide groups is 1. The molecule has 0 spiro atoms. The lowest BCUT2D eigenvalue weighted by atomic mass is 10.1. The summed E-state index contributed by atoms with van der Waals surface area (Å²) in [6.45, 7) is 4.08. The standard InChI is InChI=1S/C18H19N5O3S/c1-11-5-3-6-13(9-11)15-21-22-18(23(15)10-14-7-4-8-26-14)27-12(2)16(24)20-17(19)25/h3-9,12H,10H2,1-2H3,(H3,19,20,24,25)/t12-/m1/s1. The van der Waals surface area contributed by atoms with Crippen molar-refractivity contribution >= 4 is 23.7 Å². The average molecular weight is 385 g/mol. The van der Waals surface area contributed by atoms with E-state index in [0.717, 1.165) is 16.9 Å². The number of nitrogens with one attached hydrogen (secondary N) is 1. The van der Waals surface area contributed by atoms with Crippen LogP contribution in [0.25, 0.3) is 11.4 Å². The first-order valence-electron chi connectivity index (χ1n) is 8.23. The van der Waals surface area contributed by atoms with Crippen molar-refractivity contribution < 1.29 is 14.0 Å². The van der Waals surface area contributed by atoms with Crippen LogP contribution in [0.2, 0.25) is 0 Å². The number of nitrogens with two attached hydrogens (primary N) is 1. The lowest BCUT2D eigenvalue weighted by molar-refractivity contribution is -0.119. The number of carbonyl (C=O) groups is 2. The molecule has 0 saturated heterocycles. The molecule has 1 aromatic carbocycles. The highest BCUT2D eigenvalue weighted by Crippen LogP contribution is 2.28. The number of amides is 3. The summed E-state index contributed by atoms with van der Waals surface area (Å²) >= 11 is 1.19. The number of carbonyl (C=O) groups excluding carboxylic acids is 2.